The zero-order valence-corrected chi connectivity index (χ0v) is 11.7. The quantitative estimate of drug-likeness (QED) is 0.894. The van der Waals surface area contributed by atoms with Gasteiger partial charge in [-0.15, -0.1) is 0 Å². The van der Waals surface area contributed by atoms with Crippen molar-refractivity contribution in [2.24, 2.45) is 0 Å². The first kappa shape index (κ1) is 13.9. The summed E-state index contributed by atoms with van der Waals surface area (Å²) in [5.74, 6) is 0.254. The third-order valence-corrected chi connectivity index (χ3v) is 3.92. The van der Waals surface area contributed by atoms with E-state index >= 15 is 0 Å². The van der Waals surface area contributed by atoms with Gasteiger partial charge in [-0.05, 0) is 32.5 Å². The van der Waals surface area contributed by atoms with Crippen molar-refractivity contribution in [3.63, 3.8) is 0 Å². The van der Waals surface area contributed by atoms with Gasteiger partial charge in [-0.1, -0.05) is 18.2 Å². The number of phenolic OH excluding ortho intramolecular Hbond substituents is 1. The molecule has 19 heavy (non-hydrogen) atoms. The Labute approximate surface area is 114 Å². The van der Waals surface area contributed by atoms with Gasteiger partial charge in [0, 0.05) is 25.2 Å². The first-order valence-corrected chi connectivity index (χ1v) is 6.79. The van der Waals surface area contributed by atoms with Crippen LogP contribution in [0, 0.1) is 0 Å². The van der Waals surface area contributed by atoms with Gasteiger partial charge in [-0.3, -0.25) is 4.79 Å². The Morgan fingerprint density at radius 1 is 1.47 bits per heavy atom. The van der Waals surface area contributed by atoms with E-state index in [1.165, 1.54) is 6.42 Å². The van der Waals surface area contributed by atoms with E-state index in [1.807, 2.05) is 13.1 Å². The Morgan fingerprint density at radius 3 is 2.84 bits per heavy atom. The highest BCUT2D eigenvalue weighted by atomic mass is 16.3. The monoisotopic (exact) mass is 262 g/mol. The van der Waals surface area contributed by atoms with Gasteiger partial charge < -0.3 is 14.9 Å². The van der Waals surface area contributed by atoms with Crippen molar-refractivity contribution in [1.82, 2.24) is 9.80 Å². The maximum Gasteiger partial charge on any atom is 0.226 e. The molecule has 1 aliphatic rings. The molecular weight excluding hydrogens is 240 g/mol. The minimum Gasteiger partial charge on any atom is -0.508 e. The van der Waals surface area contributed by atoms with Gasteiger partial charge in [0.1, 0.15) is 5.75 Å². The Balaban J connectivity index is 1.91. The molecule has 0 saturated carbocycles. The van der Waals surface area contributed by atoms with Gasteiger partial charge in [0.25, 0.3) is 0 Å². The maximum absolute atomic E-state index is 12.2. The van der Waals surface area contributed by atoms with Gasteiger partial charge in [0.15, 0.2) is 0 Å². The second-order valence-electron chi connectivity index (χ2n) is 5.36. The van der Waals surface area contributed by atoms with Crippen molar-refractivity contribution in [2.45, 2.75) is 25.3 Å². The van der Waals surface area contributed by atoms with Crippen LogP contribution in [0.15, 0.2) is 24.3 Å². The summed E-state index contributed by atoms with van der Waals surface area (Å²) in [5, 5.41) is 9.69. The fourth-order valence-corrected chi connectivity index (χ4v) is 2.59. The van der Waals surface area contributed by atoms with Gasteiger partial charge in [-0.25, -0.2) is 0 Å². The van der Waals surface area contributed by atoms with Crippen LogP contribution in [0.1, 0.15) is 18.4 Å². The molecule has 104 valence electrons. The Kier molecular flexibility index (Phi) is 4.43. The number of rotatable bonds is 4. The van der Waals surface area contributed by atoms with E-state index in [0.717, 1.165) is 19.5 Å². The van der Waals surface area contributed by atoms with Gasteiger partial charge in [0.2, 0.25) is 5.91 Å². The van der Waals surface area contributed by atoms with Crippen LogP contribution in [0.5, 0.6) is 5.75 Å². The zero-order chi connectivity index (χ0) is 13.8. The van der Waals surface area contributed by atoms with E-state index in [1.54, 1.807) is 23.1 Å². The molecule has 1 heterocycles. The molecule has 1 atom stereocenters. The maximum atomic E-state index is 12.2. The summed E-state index contributed by atoms with van der Waals surface area (Å²) >= 11 is 0. The fraction of sp³-hybridized carbons (Fsp3) is 0.533. The van der Waals surface area contributed by atoms with Gasteiger partial charge >= 0.3 is 0 Å². The molecule has 1 unspecified atom stereocenters. The molecule has 0 radical (unpaired) electrons. The summed E-state index contributed by atoms with van der Waals surface area (Å²) in [6.45, 7) is 1.88. The summed E-state index contributed by atoms with van der Waals surface area (Å²) in [6.07, 6.45) is 2.63. The molecule has 4 nitrogen and oxygen atoms in total. The fourth-order valence-electron chi connectivity index (χ4n) is 2.59. The van der Waals surface area contributed by atoms with Crippen LogP contribution < -0.4 is 0 Å². The highest BCUT2D eigenvalue weighted by Crippen LogP contribution is 2.18. The average Bonchev–Trinajstić information content (AvgIpc) is 2.78. The zero-order valence-electron chi connectivity index (χ0n) is 11.7. The van der Waals surface area contributed by atoms with Crippen LogP contribution in [0.3, 0.4) is 0 Å². The Hall–Kier alpha value is -1.55. The number of carbonyl (C=O) groups is 1. The van der Waals surface area contributed by atoms with Crippen LogP contribution in [0.25, 0.3) is 0 Å². The second kappa shape index (κ2) is 6.06. The number of phenols is 1. The molecule has 0 spiro atoms. The van der Waals surface area contributed by atoms with Crippen molar-refractivity contribution in [1.29, 1.82) is 0 Å². The average molecular weight is 262 g/mol. The van der Waals surface area contributed by atoms with E-state index in [2.05, 4.69) is 11.9 Å². The minimum absolute atomic E-state index is 0.0572. The lowest BCUT2D eigenvalue weighted by molar-refractivity contribution is -0.129. The smallest absolute Gasteiger partial charge is 0.226 e. The molecule has 1 aromatic rings. The number of benzene rings is 1. The van der Waals surface area contributed by atoms with Crippen LogP contribution >= 0.6 is 0 Å². The number of nitrogens with zero attached hydrogens (tertiary/aromatic N) is 2. The number of likely N-dealkylation sites (N-methyl/N-ethyl adjacent to an activating group) is 2. The summed E-state index contributed by atoms with van der Waals surface area (Å²) in [4.78, 5) is 16.2. The predicted octanol–water partition coefficient (Wildman–Crippen LogP) is 1.49. The Bertz CT molecular complexity index is 448. The van der Waals surface area contributed by atoms with Crippen molar-refractivity contribution in [3.05, 3.63) is 29.8 Å². The summed E-state index contributed by atoms with van der Waals surface area (Å²) in [7, 11) is 3.95. The lowest BCUT2D eigenvalue weighted by Crippen LogP contribution is -2.40. The topological polar surface area (TPSA) is 43.8 Å². The molecule has 1 aromatic carbocycles. The third-order valence-electron chi connectivity index (χ3n) is 3.92. The van der Waals surface area contributed by atoms with Crippen LogP contribution in [0.2, 0.25) is 0 Å². The molecule has 4 heteroatoms. The van der Waals surface area contributed by atoms with Crippen molar-refractivity contribution < 1.29 is 9.90 Å². The van der Waals surface area contributed by atoms with Crippen molar-refractivity contribution in [3.8, 4) is 5.75 Å². The van der Waals surface area contributed by atoms with Gasteiger partial charge in [0.05, 0.1) is 6.42 Å². The van der Waals surface area contributed by atoms with E-state index in [-0.39, 0.29) is 18.1 Å². The second-order valence-corrected chi connectivity index (χ2v) is 5.36. The molecule has 0 aromatic heterocycles. The number of hydrogen-bond donors (Lipinski definition) is 1. The van der Waals surface area contributed by atoms with E-state index in [9.17, 15) is 9.90 Å². The van der Waals surface area contributed by atoms with Crippen molar-refractivity contribution >= 4 is 5.91 Å². The number of hydrogen-bond acceptors (Lipinski definition) is 3. The highest BCUT2D eigenvalue weighted by molar-refractivity contribution is 5.79. The normalized spacial score (nSPS) is 19.6. The number of likely N-dealkylation sites (tertiary alicyclic amines) is 1. The first-order chi connectivity index (χ1) is 9.08. The lowest BCUT2D eigenvalue weighted by atomic mass is 10.1. The van der Waals surface area contributed by atoms with Crippen LogP contribution in [0.4, 0.5) is 0 Å². The SMILES string of the molecule is CN(CC1CCCN1C)C(=O)Cc1ccccc1O. The molecule has 0 bridgehead atoms. The standard InChI is InChI=1S/C15H22N2O2/c1-16-9-5-7-13(16)11-17(2)15(19)10-12-6-3-4-8-14(12)18/h3-4,6,8,13,18H,5,7,9-11H2,1-2H3. The molecule has 1 aliphatic heterocycles. The van der Waals surface area contributed by atoms with E-state index in [4.69, 9.17) is 0 Å². The third kappa shape index (κ3) is 3.47. The summed E-state index contributed by atoms with van der Waals surface area (Å²) in [6, 6.07) is 7.49. The van der Waals surface area contributed by atoms with E-state index < -0.39 is 0 Å². The molecule has 1 amide bonds. The van der Waals surface area contributed by atoms with Crippen molar-refractivity contribution in [2.75, 3.05) is 27.2 Å². The minimum atomic E-state index is 0.0572. The number of aromatic hydroxyl groups is 1. The van der Waals surface area contributed by atoms with Crippen LogP contribution in [-0.4, -0.2) is 54.0 Å². The molecular formula is C15H22N2O2. The summed E-state index contributed by atoms with van der Waals surface area (Å²) < 4.78 is 0. The lowest BCUT2D eigenvalue weighted by Gasteiger charge is -2.26. The number of amides is 1. The highest BCUT2D eigenvalue weighted by Gasteiger charge is 2.24. The number of carbonyl (C=O) groups excluding carboxylic acids is 1. The predicted molar refractivity (Wildman–Crippen MR) is 75.1 cm³/mol. The summed E-state index contributed by atoms with van der Waals surface area (Å²) in [5.41, 5.74) is 0.694. The first-order valence-electron chi connectivity index (χ1n) is 6.79. The van der Waals surface area contributed by atoms with Gasteiger partial charge in [-0.2, -0.15) is 0 Å². The van der Waals surface area contributed by atoms with Crippen LogP contribution in [-0.2, 0) is 11.2 Å². The largest absolute Gasteiger partial charge is 0.508 e. The van der Waals surface area contributed by atoms with E-state index in [0.29, 0.717) is 11.6 Å². The molecule has 1 fully saturated rings. The molecule has 1 saturated heterocycles. The molecule has 0 aliphatic carbocycles. The Morgan fingerprint density at radius 2 is 2.21 bits per heavy atom. The molecule has 2 rings (SSSR count). The number of para-hydroxylation sites is 1. The molecule has 1 N–H and O–H groups in total.